The second-order valence-corrected chi connectivity index (χ2v) is 4.64. The number of hydrogen-bond acceptors (Lipinski definition) is 4. The Bertz CT molecular complexity index is 455. The normalized spacial score (nSPS) is 15.0. The van der Waals surface area contributed by atoms with Crippen LogP contribution in [-0.4, -0.2) is 49.3 Å². The number of methoxy groups -OCH3 is 2. The van der Waals surface area contributed by atoms with E-state index in [9.17, 15) is 4.79 Å². The highest BCUT2D eigenvalue weighted by atomic mass is 16.5. The van der Waals surface area contributed by atoms with E-state index in [1.54, 1.807) is 19.1 Å². The lowest BCUT2D eigenvalue weighted by molar-refractivity contribution is -0.141. The van der Waals surface area contributed by atoms with Crippen LogP contribution < -0.4 is 9.47 Å². The Hall–Kier alpha value is -1.75. The maximum atomic E-state index is 11.8. The predicted molar refractivity (Wildman–Crippen MR) is 70.5 cm³/mol. The van der Waals surface area contributed by atoms with Gasteiger partial charge in [-0.05, 0) is 24.1 Å². The first-order valence-corrected chi connectivity index (χ1v) is 6.30. The van der Waals surface area contributed by atoms with Crippen molar-refractivity contribution in [3.8, 4) is 11.5 Å². The summed E-state index contributed by atoms with van der Waals surface area (Å²) >= 11 is 0. The highest BCUT2D eigenvalue weighted by Crippen LogP contribution is 2.28. The van der Waals surface area contributed by atoms with Crippen LogP contribution in [0.15, 0.2) is 18.2 Å². The first-order chi connectivity index (χ1) is 9.13. The number of carbonyl (C=O) groups excluding carboxylic acids is 1. The van der Waals surface area contributed by atoms with Gasteiger partial charge in [0.25, 0.3) is 0 Å². The molecular formula is C14H19NO4. The van der Waals surface area contributed by atoms with E-state index in [1.165, 1.54) is 0 Å². The number of aliphatic hydroxyl groups excluding tert-OH is 1. The van der Waals surface area contributed by atoms with E-state index in [1.807, 2.05) is 18.2 Å². The van der Waals surface area contributed by atoms with Gasteiger partial charge in [0.15, 0.2) is 11.5 Å². The van der Waals surface area contributed by atoms with Crippen molar-refractivity contribution in [2.75, 3.05) is 27.3 Å². The SMILES string of the molecule is COc1ccc(CCC(=O)N2CC(O)C2)cc1OC. The number of ether oxygens (including phenoxy) is 2. The van der Waals surface area contributed by atoms with E-state index in [0.717, 1.165) is 5.56 Å². The predicted octanol–water partition coefficient (Wildman–Crippen LogP) is 0.839. The second kappa shape index (κ2) is 5.93. The summed E-state index contributed by atoms with van der Waals surface area (Å²) in [5, 5.41) is 9.15. The third-order valence-electron chi connectivity index (χ3n) is 3.29. The molecule has 19 heavy (non-hydrogen) atoms. The summed E-state index contributed by atoms with van der Waals surface area (Å²) in [5.41, 5.74) is 1.03. The lowest BCUT2D eigenvalue weighted by Gasteiger charge is -2.35. The van der Waals surface area contributed by atoms with Gasteiger partial charge in [-0.3, -0.25) is 4.79 Å². The summed E-state index contributed by atoms with van der Waals surface area (Å²) in [7, 11) is 3.18. The number of aryl methyl sites for hydroxylation is 1. The van der Waals surface area contributed by atoms with E-state index >= 15 is 0 Å². The van der Waals surface area contributed by atoms with E-state index in [2.05, 4.69) is 0 Å². The maximum absolute atomic E-state index is 11.8. The largest absolute Gasteiger partial charge is 0.493 e. The molecule has 1 heterocycles. The molecule has 5 heteroatoms. The first-order valence-electron chi connectivity index (χ1n) is 6.30. The van der Waals surface area contributed by atoms with Crippen LogP contribution in [0.3, 0.4) is 0 Å². The smallest absolute Gasteiger partial charge is 0.223 e. The Balaban J connectivity index is 1.90. The topological polar surface area (TPSA) is 59.0 Å². The number of aliphatic hydroxyl groups is 1. The molecule has 0 unspecified atom stereocenters. The Morgan fingerprint density at radius 2 is 2.00 bits per heavy atom. The number of likely N-dealkylation sites (tertiary alicyclic amines) is 1. The van der Waals surface area contributed by atoms with Gasteiger partial charge < -0.3 is 19.5 Å². The van der Waals surface area contributed by atoms with Gasteiger partial charge in [0.05, 0.1) is 20.3 Å². The summed E-state index contributed by atoms with van der Waals surface area (Å²) in [6.45, 7) is 0.926. The molecule has 1 saturated heterocycles. The van der Waals surface area contributed by atoms with Gasteiger partial charge in [0.2, 0.25) is 5.91 Å². The average molecular weight is 265 g/mol. The highest BCUT2D eigenvalue weighted by molar-refractivity contribution is 5.77. The summed E-state index contributed by atoms with van der Waals surface area (Å²) in [6.07, 6.45) is 0.763. The number of β-amino-alcohol motifs (C(OH)–C–C–N with tert-alkyl or cyclic N) is 1. The van der Waals surface area contributed by atoms with Gasteiger partial charge >= 0.3 is 0 Å². The zero-order chi connectivity index (χ0) is 13.8. The summed E-state index contributed by atoms with van der Waals surface area (Å²) in [5.74, 6) is 1.44. The molecule has 5 nitrogen and oxygen atoms in total. The van der Waals surface area contributed by atoms with Crippen LogP contribution in [0.2, 0.25) is 0 Å². The van der Waals surface area contributed by atoms with Gasteiger partial charge in [-0.1, -0.05) is 6.07 Å². The maximum Gasteiger partial charge on any atom is 0.223 e. The molecule has 1 aromatic carbocycles. The molecule has 0 aromatic heterocycles. The fourth-order valence-electron chi connectivity index (χ4n) is 2.10. The fourth-order valence-corrected chi connectivity index (χ4v) is 2.10. The van der Waals surface area contributed by atoms with Gasteiger partial charge in [-0.25, -0.2) is 0 Å². The van der Waals surface area contributed by atoms with E-state index in [0.29, 0.717) is 37.4 Å². The number of carbonyl (C=O) groups is 1. The van der Waals surface area contributed by atoms with Crippen molar-refractivity contribution in [1.29, 1.82) is 0 Å². The van der Waals surface area contributed by atoms with Crippen LogP contribution in [0.4, 0.5) is 0 Å². The summed E-state index contributed by atoms with van der Waals surface area (Å²) in [6, 6.07) is 5.66. The number of nitrogens with zero attached hydrogens (tertiary/aromatic N) is 1. The molecule has 104 valence electrons. The van der Waals surface area contributed by atoms with Crippen LogP contribution in [0.1, 0.15) is 12.0 Å². The number of rotatable bonds is 5. The minimum Gasteiger partial charge on any atom is -0.493 e. The lowest BCUT2D eigenvalue weighted by Crippen LogP contribution is -2.53. The van der Waals surface area contributed by atoms with Crippen LogP contribution in [0.5, 0.6) is 11.5 Å². The Morgan fingerprint density at radius 3 is 2.58 bits per heavy atom. The average Bonchev–Trinajstić information content (AvgIpc) is 2.40. The summed E-state index contributed by atoms with van der Waals surface area (Å²) < 4.78 is 10.4. The quantitative estimate of drug-likeness (QED) is 0.857. The Labute approximate surface area is 112 Å². The molecule has 1 aliphatic heterocycles. The van der Waals surface area contributed by atoms with E-state index in [4.69, 9.17) is 14.6 Å². The van der Waals surface area contributed by atoms with Crippen LogP contribution >= 0.6 is 0 Å². The fraction of sp³-hybridized carbons (Fsp3) is 0.500. The number of benzene rings is 1. The van der Waals surface area contributed by atoms with Crippen molar-refractivity contribution in [2.45, 2.75) is 18.9 Å². The molecule has 0 atom stereocenters. The molecule has 0 spiro atoms. The molecule has 0 aliphatic carbocycles. The van der Waals surface area contributed by atoms with Gasteiger partial charge in [0.1, 0.15) is 0 Å². The zero-order valence-corrected chi connectivity index (χ0v) is 11.3. The summed E-state index contributed by atoms with van der Waals surface area (Å²) in [4.78, 5) is 13.5. The number of hydrogen-bond donors (Lipinski definition) is 1. The lowest BCUT2D eigenvalue weighted by atomic mass is 10.1. The molecule has 1 fully saturated rings. The molecule has 1 aromatic rings. The molecule has 2 rings (SSSR count). The second-order valence-electron chi connectivity index (χ2n) is 4.64. The van der Waals surface area contributed by atoms with Crippen molar-refractivity contribution in [2.24, 2.45) is 0 Å². The molecule has 0 radical (unpaired) electrons. The molecular weight excluding hydrogens is 246 g/mol. The van der Waals surface area contributed by atoms with Crippen LogP contribution in [-0.2, 0) is 11.2 Å². The van der Waals surface area contributed by atoms with Gasteiger partial charge in [-0.15, -0.1) is 0 Å². The van der Waals surface area contributed by atoms with Crippen molar-refractivity contribution in [3.63, 3.8) is 0 Å². The Morgan fingerprint density at radius 1 is 1.32 bits per heavy atom. The highest BCUT2D eigenvalue weighted by Gasteiger charge is 2.28. The van der Waals surface area contributed by atoms with Gasteiger partial charge in [-0.2, -0.15) is 0 Å². The minimum absolute atomic E-state index is 0.0834. The van der Waals surface area contributed by atoms with Crippen molar-refractivity contribution >= 4 is 5.91 Å². The third-order valence-corrected chi connectivity index (χ3v) is 3.29. The third kappa shape index (κ3) is 3.17. The number of amides is 1. The molecule has 0 saturated carbocycles. The molecule has 1 N–H and O–H groups in total. The first kappa shape index (κ1) is 13.7. The zero-order valence-electron chi connectivity index (χ0n) is 11.3. The van der Waals surface area contributed by atoms with Crippen LogP contribution in [0.25, 0.3) is 0 Å². The van der Waals surface area contributed by atoms with Crippen molar-refractivity contribution < 1.29 is 19.4 Å². The minimum atomic E-state index is -0.343. The van der Waals surface area contributed by atoms with Crippen LogP contribution in [0, 0.1) is 0 Å². The monoisotopic (exact) mass is 265 g/mol. The standard InChI is InChI=1S/C14H19NO4/c1-18-12-5-3-10(7-13(12)19-2)4-6-14(17)15-8-11(16)9-15/h3,5,7,11,16H,4,6,8-9H2,1-2H3. The van der Waals surface area contributed by atoms with Gasteiger partial charge in [0, 0.05) is 19.5 Å². The Kier molecular flexibility index (Phi) is 4.27. The molecule has 1 amide bonds. The van der Waals surface area contributed by atoms with Crippen molar-refractivity contribution in [3.05, 3.63) is 23.8 Å². The van der Waals surface area contributed by atoms with E-state index in [-0.39, 0.29) is 12.0 Å². The van der Waals surface area contributed by atoms with E-state index < -0.39 is 0 Å². The molecule has 1 aliphatic rings. The molecule has 0 bridgehead atoms. The van der Waals surface area contributed by atoms with Crippen molar-refractivity contribution in [1.82, 2.24) is 4.90 Å².